The summed E-state index contributed by atoms with van der Waals surface area (Å²) in [5, 5.41) is 2.46. The Morgan fingerprint density at radius 1 is 0.857 bits per heavy atom. The Balaban J connectivity index is 1.48. The molecule has 0 saturated carbocycles. The van der Waals surface area contributed by atoms with E-state index in [1.54, 1.807) is 36.4 Å². The first-order valence-corrected chi connectivity index (χ1v) is 10.3. The molecule has 3 amide bonds. The van der Waals surface area contributed by atoms with E-state index >= 15 is 0 Å². The summed E-state index contributed by atoms with van der Waals surface area (Å²) in [5.41, 5.74) is 5.33. The van der Waals surface area contributed by atoms with Gasteiger partial charge in [0, 0.05) is 4.88 Å². The molecule has 0 spiro atoms. The van der Waals surface area contributed by atoms with E-state index in [0.717, 1.165) is 14.2 Å². The van der Waals surface area contributed by atoms with Gasteiger partial charge in [0.25, 0.3) is 17.7 Å². The smallest absolute Gasteiger partial charge is 0.279 e. The summed E-state index contributed by atoms with van der Waals surface area (Å²) in [7, 11) is 0. The fourth-order valence-electron chi connectivity index (χ4n) is 2.15. The third-order valence-corrected chi connectivity index (χ3v) is 6.24. The summed E-state index contributed by atoms with van der Waals surface area (Å²) < 4.78 is 13.8. The van der Waals surface area contributed by atoms with Crippen LogP contribution in [0.2, 0.25) is 0 Å². The minimum absolute atomic E-state index is 0.278. The minimum Gasteiger partial charge on any atom is -0.342 e. The van der Waals surface area contributed by atoms with Crippen LogP contribution >= 0.6 is 38.6 Å². The van der Waals surface area contributed by atoms with Gasteiger partial charge in [-0.1, -0.05) is 12.1 Å². The molecule has 0 atom stereocenters. The monoisotopic (exact) mass is 481 g/mol. The molecule has 0 saturated heterocycles. The predicted octanol–water partition coefficient (Wildman–Crippen LogP) is 3.57. The third-order valence-electron chi connectivity index (χ3n) is 3.48. The molecule has 2 aromatic heterocycles. The molecule has 6 nitrogen and oxygen atoms in total. The number of carbonyl (C=O) groups excluding carboxylic acids is 3. The Labute approximate surface area is 175 Å². The van der Waals surface area contributed by atoms with Gasteiger partial charge in [-0.25, -0.2) is 4.39 Å². The van der Waals surface area contributed by atoms with Crippen molar-refractivity contribution in [2.24, 2.45) is 0 Å². The molecular weight excluding hydrogens is 469 g/mol. The second-order valence-corrected chi connectivity index (χ2v) is 9.01. The number of benzene rings is 1. The minimum atomic E-state index is -0.562. The van der Waals surface area contributed by atoms with Crippen molar-refractivity contribution in [2.75, 3.05) is 6.54 Å². The van der Waals surface area contributed by atoms with Crippen molar-refractivity contribution in [3.05, 3.63) is 67.9 Å². The molecule has 0 bridgehead atoms. The number of hydrazine groups is 1. The molecule has 0 aliphatic carbocycles. The summed E-state index contributed by atoms with van der Waals surface area (Å²) in [6.45, 7) is -0.278. The lowest BCUT2D eigenvalue weighted by atomic mass is 10.2. The molecule has 0 aliphatic heterocycles. The average molecular weight is 482 g/mol. The lowest BCUT2D eigenvalue weighted by molar-refractivity contribution is -0.120. The molecule has 10 heteroatoms. The van der Waals surface area contributed by atoms with Crippen LogP contribution < -0.4 is 16.2 Å². The van der Waals surface area contributed by atoms with E-state index in [9.17, 15) is 18.8 Å². The second-order valence-electron chi connectivity index (χ2n) is 5.46. The van der Waals surface area contributed by atoms with Gasteiger partial charge in [0.2, 0.25) is 0 Å². The number of thiophene rings is 2. The zero-order chi connectivity index (χ0) is 20.1. The van der Waals surface area contributed by atoms with Gasteiger partial charge in [-0.2, -0.15) is 0 Å². The fraction of sp³-hybridized carbons (Fsp3) is 0.0556. The normalized spacial score (nSPS) is 10.4. The quantitative estimate of drug-likeness (QED) is 0.486. The van der Waals surface area contributed by atoms with E-state index in [1.165, 1.54) is 34.8 Å². The SMILES string of the molecule is O=C(CNC(=O)c1ccc(Br)s1)NNC(=O)c1ccc(-c2ccc(F)cc2)s1. The number of halogens is 2. The first-order valence-electron chi connectivity index (χ1n) is 7.91. The van der Waals surface area contributed by atoms with Gasteiger partial charge in [0.05, 0.1) is 20.1 Å². The van der Waals surface area contributed by atoms with Crippen molar-refractivity contribution in [1.82, 2.24) is 16.2 Å². The number of hydrogen-bond donors (Lipinski definition) is 3. The number of amides is 3. The Hall–Kier alpha value is -2.56. The third kappa shape index (κ3) is 5.24. The first-order chi connectivity index (χ1) is 13.4. The van der Waals surface area contributed by atoms with Gasteiger partial charge in [-0.15, -0.1) is 22.7 Å². The average Bonchev–Trinajstić information content (AvgIpc) is 3.34. The second kappa shape index (κ2) is 9.09. The number of carbonyl (C=O) groups is 3. The highest BCUT2D eigenvalue weighted by Crippen LogP contribution is 2.28. The van der Waals surface area contributed by atoms with Crippen LogP contribution in [-0.4, -0.2) is 24.3 Å². The number of rotatable bonds is 5. The molecule has 3 rings (SSSR count). The van der Waals surface area contributed by atoms with E-state index in [-0.39, 0.29) is 18.3 Å². The highest BCUT2D eigenvalue weighted by Gasteiger charge is 2.13. The molecule has 3 aromatic rings. The summed E-state index contributed by atoms with van der Waals surface area (Å²) in [4.78, 5) is 37.5. The molecule has 144 valence electrons. The molecule has 28 heavy (non-hydrogen) atoms. The van der Waals surface area contributed by atoms with Gasteiger partial charge in [-0.05, 0) is 57.9 Å². The summed E-state index contributed by atoms with van der Waals surface area (Å²) in [5.74, 6) is -1.76. The van der Waals surface area contributed by atoms with Gasteiger partial charge < -0.3 is 5.32 Å². The maximum atomic E-state index is 13.0. The Morgan fingerprint density at radius 3 is 2.21 bits per heavy atom. The van der Waals surface area contributed by atoms with E-state index in [0.29, 0.717) is 9.75 Å². The molecule has 0 aliphatic rings. The van der Waals surface area contributed by atoms with Crippen LogP contribution in [0.1, 0.15) is 19.3 Å². The Bertz CT molecular complexity index is 1020. The van der Waals surface area contributed by atoms with E-state index < -0.39 is 11.8 Å². The first kappa shape index (κ1) is 20.2. The van der Waals surface area contributed by atoms with Crippen molar-refractivity contribution >= 4 is 56.3 Å². The topological polar surface area (TPSA) is 87.3 Å². The maximum absolute atomic E-state index is 13.0. The lowest BCUT2D eigenvalue weighted by Crippen LogP contribution is -2.46. The van der Waals surface area contributed by atoms with E-state index in [4.69, 9.17) is 0 Å². The molecular formula is C18H13BrFN3O3S2. The Morgan fingerprint density at radius 2 is 1.54 bits per heavy atom. The van der Waals surface area contributed by atoms with Crippen molar-refractivity contribution in [2.45, 2.75) is 0 Å². The highest BCUT2D eigenvalue weighted by molar-refractivity contribution is 9.11. The van der Waals surface area contributed by atoms with Crippen LogP contribution in [-0.2, 0) is 4.79 Å². The van der Waals surface area contributed by atoms with Crippen LogP contribution in [0.5, 0.6) is 0 Å². The van der Waals surface area contributed by atoms with Crippen LogP contribution in [0, 0.1) is 5.82 Å². The largest absolute Gasteiger partial charge is 0.342 e. The van der Waals surface area contributed by atoms with Gasteiger partial charge in [-0.3, -0.25) is 25.2 Å². The molecule has 0 radical (unpaired) electrons. The van der Waals surface area contributed by atoms with Gasteiger partial charge in [0.15, 0.2) is 0 Å². The molecule has 0 fully saturated rings. The predicted molar refractivity (Wildman–Crippen MR) is 110 cm³/mol. The summed E-state index contributed by atoms with van der Waals surface area (Å²) >= 11 is 5.72. The molecule has 0 unspecified atom stereocenters. The van der Waals surface area contributed by atoms with Crippen LogP contribution in [0.3, 0.4) is 0 Å². The standard InChI is InChI=1S/C18H13BrFN3O3S2/c19-15-8-7-13(28-15)17(25)21-9-16(24)22-23-18(26)14-6-5-12(27-14)10-1-3-11(20)4-2-10/h1-8H,9H2,(H,21,25)(H,22,24)(H,23,26). The Kier molecular flexibility index (Phi) is 6.55. The zero-order valence-corrected chi connectivity index (χ0v) is 17.3. The van der Waals surface area contributed by atoms with Crippen molar-refractivity contribution in [3.8, 4) is 10.4 Å². The van der Waals surface area contributed by atoms with Crippen molar-refractivity contribution < 1.29 is 18.8 Å². The van der Waals surface area contributed by atoms with Crippen LogP contribution in [0.4, 0.5) is 4.39 Å². The highest BCUT2D eigenvalue weighted by atomic mass is 79.9. The fourth-order valence-corrected chi connectivity index (χ4v) is 4.35. The number of nitrogens with one attached hydrogen (secondary N) is 3. The van der Waals surface area contributed by atoms with Crippen LogP contribution in [0.15, 0.2) is 52.3 Å². The van der Waals surface area contributed by atoms with Crippen molar-refractivity contribution in [1.29, 1.82) is 0 Å². The van der Waals surface area contributed by atoms with E-state index in [1.807, 2.05) is 0 Å². The molecule has 2 heterocycles. The van der Waals surface area contributed by atoms with Crippen molar-refractivity contribution in [3.63, 3.8) is 0 Å². The lowest BCUT2D eigenvalue weighted by Gasteiger charge is -2.07. The van der Waals surface area contributed by atoms with Crippen LogP contribution in [0.25, 0.3) is 10.4 Å². The number of hydrogen-bond acceptors (Lipinski definition) is 5. The van der Waals surface area contributed by atoms with Gasteiger partial charge >= 0.3 is 0 Å². The molecule has 1 aromatic carbocycles. The zero-order valence-electron chi connectivity index (χ0n) is 14.1. The summed E-state index contributed by atoms with van der Waals surface area (Å²) in [6.07, 6.45) is 0. The summed E-state index contributed by atoms with van der Waals surface area (Å²) in [6, 6.07) is 12.7. The van der Waals surface area contributed by atoms with Gasteiger partial charge in [0.1, 0.15) is 5.82 Å². The van der Waals surface area contributed by atoms with E-state index in [2.05, 4.69) is 32.1 Å². The molecule has 3 N–H and O–H groups in total. The maximum Gasteiger partial charge on any atom is 0.279 e.